The van der Waals surface area contributed by atoms with E-state index in [0.29, 0.717) is 18.0 Å². The van der Waals surface area contributed by atoms with Gasteiger partial charge in [0.1, 0.15) is 0 Å². The van der Waals surface area contributed by atoms with Crippen LogP contribution in [0.25, 0.3) is 0 Å². The molecule has 0 aliphatic carbocycles. The Hall–Kier alpha value is -0.380. The van der Waals surface area contributed by atoms with Crippen molar-refractivity contribution in [1.82, 2.24) is 4.90 Å². The predicted octanol–water partition coefficient (Wildman–Crippen LogP) is 2.87. The van der Waals surface area contributed by atoms with Crippen LogP contribution in [0.2, 0.25) is 0 Å². The first-order chi connectivity index (χ1) is 7.68. The van der Waals surface area contributed by atoms with Crippen molar-refractivity contribution in [2.24, 2.45) is 11.7 Å². The van der Waals surface area contributed by atoms with Crippen molar-refractivity contribution in [3.05, 3.63) is 22.4 Å². The van der Waals surface area contributed by atoms with Gasteiger partial charge < -0.3 is 5.73 Å². The zero-order valence-corrected chi connectivity index (χ0v) is 11.0. The van der Waals surface area contributed by atoms with E-state index in [1.165, 1.54) is 24.3 Å². The lowest BCUT2D eigenvalue weighted by atomic mass is 9.96. The minimum absolute atomic E-state index is 0.370. The highest BCUT2D eigenvalue weighted by Gasteiger charge is 2.27. The summed E-state index contributed by atoms with van der Waals surface area (Å²) in [6.07, 6.45) is 2.43. The van der Waals surface area contributed by atoms with E-state index >= 15 is 0 Å². The summed E-state index contributed by atoms with van der Waals surface area (Å²) in [6, 6.07) is 5.34. The molecule has 1 aliphatic rings. The summed E-state index contributed by atoms with van der Waals surface area (Å²) < 4.78 is 0. The fourth-order valence-corrected chi connectivity index (χ4v) is 3.71. The Morgan fingerprint density at radius 3 is 2.88 bits per heavy atom. The van der Waals surface area contributed by atoms with Gasteiger partial charge in [0.2, 0.25) is 0 Å². The molecule has 2 nitrogen and oxygen atoms in total. The summed E-state index contributed by atoms with van der Waals surface area (Å²) in [7, 11) is 0. The van der Waals surface area contributed by atoms with E-state index in [-0.39, 0.29) is 0 Å². The predicted molar refractivity (Wildman–Crippen MR) is 70.7 cm³/mol. The SMILES string of the molecule is CC(C)C(c1cccs1)N1CCCC(N)C1. The van der Waals surface area contributed by atoms with Crippen LogP contribution in [0.1, 0.15) is 37.6 Å². The van der Waals surface area contributed by atoms with Crippen LogP contribution in [-0.2, 0) is 0 Å². The van der Waals surface area contributed by atoms with Crippen molar-refractivity contribution in [3.63, 3.8) is 0 Å². The standard InChI is InChI=1S/C13H22N2S/c1-10(2)13(12-6-4-8-16-12)15-7-3-5-11(14)9-15/h4,6,8,10-11,13H,3,5,7,9,14H2,1-2H3. The molecule has 1 saturated heterocycles. The minimum atomic E-state index is 0.370. The van der Waals surface area contributed by atoms with Gasteiger partial charge in [0.25, 0.3) is 0 Å². The first-order valence-corrected chi connectivity index (χ1v) is 7.09. The summed E-state index contributed by atoms with van der Waals surface area (Å²) >= 11 is 1.87. The van der Waals surface area contributed by atoms with Crippen LogP contribution in [-0.4, -0.2) is 24.0 Å². The van der Waals surface area contributed by atoms with Gasteiger partial charge in [0.15, 0.2) is 0 Å². The van der Waals surface area contributed by atoms with Crippen LogP contribution < -0.4 is 5.73 Å². The summed E-state index contributed by atoms with van der Waals surface area (Å²) in [4.78, 5) is 4.06. The molecule has 90 valence electrons. The van der Waals surface area contributed by atoms with Crippen LogP contribution in [0.5, 0.6) is 0 Å². The van der Waals surface area contributed by atoms with Crippen molar-refractivity contribution in [2.45, 2.75) is 38.8 Å². The fraction of sp³-hybridized carbons (Fsp3) is 0.692. The highest BCUT2D eigenvalue weighted by Crippen LogP contribution is 2.33. The molecule has 0 amide bonds. The number of likely N-dealkylation sites (tertiary alicyclic amines) is 1. The Labute approximate surface area is 102 Å². The molecule has 2 atom stereocenters. The van der Waals surface area contributed by atoms with Gasteiger partial charge in [-0.3, -0.25) is 4.90 Å². The molecule has 1 aliphatic heterocycles. The van der Waals surface area contributed by atoms with E-state index in [0.717, 1.165) is 6.54 Å². The number of thiophene rings is 1. The second kappa shape index (κ2) is 5.30. The van der Waals surface area contributed by atoms with E-state index in [1.807, 2.05) is 11.3 Å². The minimum Gasteiger partial charge on any atom is -0.327 e. The van der Waals surface area contributed by atoms with Crippen molar-refractivity contribution < 1.29 is 0 Å². The van der Waals surface area contributed by atoms with Crippen molar-refractivity contribution in [2.75, 3.05) is 13.1 Å². The first-order valence-electron chi connectivity index (χ1n) is 6.21. The van der Waals surface area contributed by atoms with Crippen LogP contribution in [0.4, 0.5) is 0 Å². The van der Waals surface area contributed by atoms with Crippen LogP contribution in [0.15, 0.2) is 17.5 Å². The molecule has 1 aromatic heterocycles. The molecule has 3 heteroatoms. The van der Waals surface area contributed by atoms with Gasteiger partial charge in [0, 0.05) is 23.5 Å². The van der Waals surface area contributed by atoms with Crippen molar-refractivity contribution >= 4 is 11.3 Å². The number of rotatable bonds is 3. The molecule has 1 fully saturated rings. The Balaban J connectivity index is 2.13. The second-order valence-corrected chi connectivity index (χ2v) is 6.08. The number of piperidine rings is 1. The zero-order chi connectivity index (χ0) is 11.5. The van der Waals surface area contributed by atoms with Crippen molar-refractivity contribution in [3.8, 4) is 0 Å². The number of nitrogens with zero attached hydrogens (tertiary/aromatic N) is 1. The van der Waals surface area contributed by atoms with E-state index in [2.05, 4.69) is 36.3 Å². The molecule has 1 aromatic rings. The molecule has 2 rings (SSSR count). The van der Waals surface area contributed by atoms with Gasteiger partial charge in [-0.15, -0.1) is 11.3 Å². The van der Waals surface area contributed by atoms with E-state index in [9.17, 15) is 0 Å². The third kappa shape index (κ3) is 2.65. The number of hydrogen-bond acceptors (Lipinski definition) is 3. The lowest BCUT2D eigenvalue weighted by molar-refractivity contribution is 0.119. The Kier molecular flexibility index (Phi) is 4.00. The van der Waals surface area contributed by atoms with Crippen molar-refractivity contribution in [1.29, 1.82) is 0 Å². The average molecular weight is 238 g/mol. The molecule has 0 aromatic carbocycles. The van der Waals surface area contributed by atoms with Gasteiger partial charge in [-0.25, -0.2) is 0 Å². The number of nitrogens with two attached hydrogens (primary N) is 1. The van der Waals surface area contributed by atoms with Gasteiger partial charge in [-0.05, 0) is 36.8 Å². The van der Waals surface area contributed by atoms with Crippen LogP contribution in [0, 0.1) is 5.92 Å². The maximum absolute atomic E-state index is 6.08. The molecular formula is C13H22N2S. The maximum atomic E-state index is 6.08. The van der Waals surface area contributed by atoms with E-state index < -0.39 is 0 Å². The second-order valence-electron chi connectivity index (χ2n) is 5.10. The smallest absolute Gasteiger partial charge is 0.0465 e. The highest BCUT2D eigenvalue weighted by atomic mass is 32.1. The normalized spacial score (nSPS) is 24.9. The average Bonchev–Trinajstić information content (AvgIpc) is 2.71. The van der Waals surface area contributed by atoms with Crippen LogP contribution >= 0.6 is 11.3 Å². The molecule has 0 spiro atoms. The van der Waals surface area contributed by atoms with E-state index in [1.54, 1.807) is 0 Å². The fourth-order valence-electron chi connectivity index (χ4n) is 2.68. The third-order valence-electron chi connectivity index (χ3n) is 3.35. The molecule has 2 heterocycles. The Morgan fingerprint density at radius 1 is 1.50 bits per heavy atom. The lowest BCUT2D eigenvalue weighted by Gasteiger charge is -2.38. The lowest BCUT2D eigenvalue weighted by Crippen LogP contribution is -2.45. The molecule has 0 bridgehead atoms. The van der Waals surface area contributed by atoms with E-state index in [4.69, 9.17) is 5.73 Å². The van der Waals surface area contributed by atoms with Crippen LogP contribution in [0.3, 0.4) is 0 Å². The van der Waals surface area contributed by atoms with Gasteiger partial charge in [0.05, 0.1) is 0 Å². The zero-order valence-electron chi connectivity index (χ0n) is 10.2. The molecular weight excluding hydrogens is 216 g/mol. The summed E-state index contributed by atoms with van der Waals surface area (Å²) in [5.74, 6) is 0.656. The topological polar surface area (TPSA) is 29.3 Å². The third-order valence-corrected chi connectivity index (χ3v) is 4.29. The van der Waals surface area contributed by atoms with Gasteiger partial charge in [-0.2, -0.15) is 0 Å². The largest absolute Gasteiger partial charge is 0.327 e. The Morgan fingerprint density at radius 2 is 2.31 bits per heavy atom. The summed E-state index contributed by atoms with van der Waals surface area (Å²) in [6.45, 7) is 6.88. The van der Waals surface area contributed by atoms with Gasteiger partial charge >= 0.3 is 0 Å². The van der Waals surface area contributed by atoms with Gasteiger partial charge in [-0.1, -0.05) is 19.9 Å². The molecule has 0 saturated carbocycles. The summed E-state index contributed by atoms with van der Waals surface area (Å²) in [5.41, 5.74) is 6.08. The first kappa shape index (κ1) is 12.1. The summed E-state index contributed by atoms with van der Waals surface area (Å²) in [5, 5.41) is 2.18. The highest BCUT2D eigenvalue weighted by molar-refractivity contribution is 7.10. The maximum Gasteiger partial charge on any atom is 0.0465 e. The monoisotopic (exact) mass is 238 g/mol. The molecule has 2 unspecified atom stereocenters. The molecule has 16 heavy (non-hydrogen) atoms. The molecule has 2 N–H and O–H groups in total. The number of hydrogen-bond donors (Lipinski definition) is 1. The Bertz CT molecular complexity index is 308. The quantitative estimate of drug-likeness (QED) is 0.877. The molecule has 0 radical (unpaired) electrons.